The summed E-state index contributed by atoms with van der Waals surface area (Å²) in [6, 6.07) is 11.3. The van der Waals surface area contributed by atoms with Gasteiger partial charge in [0.05, 0.1) is 6.26 Å². The Morgan fingerprint density at radius 1 is 1.30 bits per heavy atom. The molecule has 0 aliphatic carbocycles. The van der Waals surface area contributed by atoms with Crippen molar-refractivity contribution < 1.29 is 4.42 Å². The zero-order chi connectivity index (χ0) is 13.9. The summed E-state index contributed by atoms with van der Waals surface area (Å²) in [5.41, 5.74) is 4.16. The van der Waals surface area contributed by atoms with Crippen LogP contribution in [0.1, 0.15) is 34.9 Å². The summed E-state index contributed by atoms with van der Waals surface area (Å²) < 4.78 is 5.41. The molecular formula is C17H22N2O. The average molecular weight is 270 g/mol. The van der Waals surface area contributed by atoms with Crippen LogP contribution in [0.3, 0.4) is 0 Å². The summed E-state index contributed by atoms with van der Waals surface area (Å²) in [6.07, 6.45) is 2.92. The van der Waals surface area contributed by atoms with Gasteiger partial charge in [-0.3, -0.25) is 4.90 Å². The van der Waals surface area contributed by atoms with E-state index in [9.17, 15) is 0 Å². The fourth-order valence-corrected chi connectivity index (χ4v) is 3.05. The van der Waals surface area contributed by atoms with E-state index < -0.39 is 0 Å². The number of nitrogens with one attached hydrogen (secondary N) is 1. The van der Waals surface area contributed by atoms with Crippen molar-refractivity contribution in [2.45, 2.75) is 32.5 Å². The van der Waals surface area contributed by atoms with Gasteiger partial charge < -0.3 is 9.73 Å². The molecule has 1 unspecified atom stereocenters. The van der Waals surface area contributed by atoms with E-state index in [1.807, 2.05) is 6.92 Å². The molecule has 2 heterocycles. The lowest BCUT2D eigenvalue weighted by Crippen LogP contribution is -2.25. The summed E-state index contributed by atoms with van der Waals surface area (Å²) in [5.74, 6) is 1.02. The van der Waals surface area contributed by atoms with Crippen molar-refractivity contribution >= 4 is 0 Å². The Morgan fingerprint density at radius 3 is 2.95 bits per heavy atom. The molecule has 1 N–H and O–H groups in total. The Labute approximate surface area is 120 Å². The Balaban J connectivity index is 1.84. The van der Waals surface area contributed by atoms with Crippen LogP contribution in [-0.2, 0) is 13.1 Å². The first-order chi connectivity index (χ1) is 9.75. The van der Waals surface area contributed by atoms with Crippen LogP contribution in [0.2, 0.25) is 0 Å². The number of furan rings is 1. The predicted octanol–water partition coefficient (Wildman–Crippen LogP) is 3.25. The van der Waals surface area contributed by atoms with Gasteiger partial charge in [-0.2, -0.15) is 0 Å². The van der Waals surface area contributed by atoms with Crippen LogP contribution >= 0.6 is 0 Å². The molecule has 2 aromatic rings. The molecule has 0 bridgehead atoms. The zero-order valence-electron chi connectivity index (χ0n) is 12.2. The minimum Gasteiger partial charge on any atom is -0.469 e. The molecule has 1 aliphatic rings. The number of nitrogens with zero attached hydrogens (tertiary/aromatic N) is 1. The molecule has 1 aromatic carbocycles. The van der Waals surface area contributed by atoms with E-state index in [1.165, 1.54) is 16.7 Å². The summed E-state index contributed by atoms with van der Waals surface area (Å²) >= 11 is 0. The summed E-state index contributed by atoms with van der Waals surface area (Å²) in [5, 5.41) is 3.51. The maximum atomic E-state index is 5.41. The van der Waals surface area contributed by atoms with Crippen molar-refractivity contribution in [1.29, 1.82) is 0 Å². The molecule has 0 spiro atoms. The lowest BCUT2D eigenvalue weighted by Gasteiger charge is -2.28. The zero-order valence-corrected chi connectivity index (χ0v) is 12.2. The van der Waals surface area contributed by atoms with Crippen molar-refractivity contribution in [3.8, 4) is 0 Å². The molecule has 0 saturated carbocycles. The quantitative estimate of drug-likeness (QED) is 0.928. The van der Waals surface area contributed by atoms with Gasteiger partial charge in [0.1, 0.15) is 5.76 Å². The second-order valence-corrected chi connectivity index (χ2v) is 5.60. The number of hydrogen-bond donors (Lipinski definition) is 1. The number of hydrogen-bond acceptors (Lipinski definition) is 3. The molecule has 3 heteroatoms. The third-order valence-electron chi connectivity index (χ3n) is 4.24. The minimum absolute atomic E-state index is 0.468. The highest BCUT2D eigenvalue weighted by Crippen LogP contribution is 2.29. The monoisotopic (exact) mass is 270 g/mol. The maximum absolute atomic E-state index is 5.41. The molecule has 0 radical (unpaired) electrons. The first-order valence-electron chi connectivity index (χ1n) is 7.27. The molecule has 0 saturated heterocycles. The van der Waals surface area contributed by atoms with E-state index in [-0.39, 0.29) is 0 Å². The number of fused-ring (bicyclic) bond motifs is 1. The van der Waals surface area contributed by atoms with Gasteiger partial charge in [0, 0.05) is 24.7 Å². The highest BCUT2D eigenvalue weighted by molar-refractivity contribution is 5.31. The van der Waals surface area contributed by atoms with Crippen LogP contribution in [0, 0.1) is 6.92 Å². The van der Waals surface area contributed by atoms with Crippen molar-refractivity contribution in [2.75, 3.05) is 13.6 Å². The topological polar surface area (TPSA) is 28.4 Å². The Kier molecular flexibility index (Phi) is 3.90. The van der Waals surface area contributed by atoms with Gasteiger partial charge in [0.25, 0.3) is 0 Å². The Morgan fingerprint density at radius 2 is 2.15 bits per heavy atom. The molecule has 0 fully saturated rings. The fraction of sp³-hybridized carbons (Fsp3) is 0.412. The SMILES string of the molecule is Cc1occc1CN(C)C1CCNCc2ccccc21. The number of benzene rings is 1. The summed E-state index contributed by atoms with van der Waals surface area (Å²) in [7, 11) is 2.21. The lowest BCUT2D eigenvalue weighted by molar-refractivity contribution is 0.225. The van der Waals surface area contributed by atoms with Crippen LogP contribution < -0.4 is 5.32 Å². The van der Waals surface area contributed by atoms with Crippen LogP contribution in [0.25, 0.3) is 0 Å². The fourth-order valence-electron chi connectivity index (χ4n) is 3.05. The van der Waals surface area contributed by atoms with E-state index >= 15 is 0 Å². The molecule has 3 rings (SSSR count). The average Bonchev–Trinajstić information content (AvgIpc) is 2.75. The molecular weight excluding hydrogens is 248 g/mol. The van der Waals surface area contributed by atoms with E-state index in [0.717, 1.165) is 31.8 Å². The molecule has 20 heavy (non-hydrogen) atoms. The largest absolute Gasteiger partial charge is 0.469 e. The predicted molar refractivity (Wildman–Crippen MR) is 80.4 cm³/mol. The van der Waals surface area contributed by atoms with Gasteiger partial charge in [-0.1, -0.05) is 24.3 Å². The highest BCUT2D eigenvalue weighted by Gasteiger charge is 2.22. The van der Waals surface area contributed by atoms with Gasteiger partial charge in [0.15, 0.2) is 0 Å². The van der Waals surface area contributed by atoms with E-state index in [2.05, 4.69) is 47.6 Å². The van der Waals surface area contributed by atoms with E-state index in [0.29, 0.717) is 6.04 Å². The molecule has 1 aromatic heterocycles. The second-order valence-electron chi connectivity index (χ2n) is 5.60. The molecule has 0 amide bonds. The van der Waals surface area contributed by atoms with Crippen LogP contribution in [0.15, 0.2) is 41.0 Å². The number of rotatable bonds is 3. The highest BCUT2D eigenvalue weighted by atomic mass is 16.3. The van der Waals surface area contributed by atoms with Crippen LogP contribution in [0.4, 0.5) is 0 Å². The van der Waals surface area contributed by atoms with Crippen LogP contribution in [-0.4, -0.2) is 18.5 Å². The summed E-state index contributed by atoms with van der Waals surface area (Å²) in [4.78, 5) is 2.43. The van der Waals surface area contributed by atoms with Gasteiger partial charge in [-0.05, 0) is 44.1 Å². The normalized spacial score (nSPS) is 18.9. The van der Waals surface area contributed by atoms with Crippen LogP contribution in [0.5, 0.6) is 0 Å². The smallest absolute Gasteiger partial charge is 0.105 e. The first kappa shape index (κ1) is 13.4. The number of aryl methyl sites for hydroxylation is 1. The molecule has 1 atom stereocenters. The van der Waals surface area contributed by atoms with Gasteiger partial charge in [0.2, 0.25) is 0 Å². The van der Waals surface area contributed by atoms with Gasteiger partial charge in [-0.25, -0.2) is 0 Å². The summed E-state index contributed by atoms with van der Waals surface area (Å²) in [6.45, 7) is 5.01. The van der Waals surface area contributed by atoms with Crippen molar-refractivity contribution in [2.24, 2.45) is 0 Å². The van der Waals surface area contributed by atoms with Crippen molar-refractivity contribution in [3.05, 3.63) is 59.0 Å². The molecule has 1 aliphatic heterocycles. The lowest BCUT2D eigenvalue weighted by atomic mass is 9.98. The van der Waals surface area contributed by atoms with E-state index in [4.69, 9.17) is 4.42 Å². The molecule has 106 valence electrons. The Hall–Kier alpha value is -1.58. The van der Waals surface area contributed by atoms with Crippen molar-refractivity contribution in [1.82, 2.24) is 10.2 Å². The molecule has 3 nitrogen and oxygen atoms in total. The maximum Gasteiger partial charge on any atom is 0.105 e. The Bertz CT molecular complexity index is 576. The van der Waals surface area contributed by atoms with Gasteiger partial charge in [-0.15, -0.1) is 0 Å². The van der Waals surface area contributed by atoms with Gasteiger partial charge >= 0.3 is 0 Å². The minimum atomic E-state index is 0.468. The van der Waals surface area contributed by atoms with Crippen molar-refractivity contribution in [3.63, 3.8) is 0 Å². The third-order valence-corrected chi connectivity index (χ3v) is 4.24. The third kappa shape index (κ3) is 2.65. The van der Waals surface area contributed by atoms with E-state index in [1.54, 1.807) is 6.26 Å². The standard InChI is InChI=1S/C17H22N2O/c1-13-15(8-10-20-13)12-19(2)17-7-9-18-11-14-5-3-4-6-16(14)17/h3-6,8,10,17-18H,7,9,11-12H2,1-2H3. The second kappa shape index (κ2) is 5.81. The first-order valence-corrected chi connectivity index (χ1v) is 7.27.